The minimum absolute atomic E-state index is 0.104. The number of methoxy groups -OCH3 is 3. The van der Waals surface area contributed by atoms with Crippen LogP contribution < -0.4 is 19.5 Å². The largest absolute Gasteiger partial charge is 0.493 e. The fourth-order valence-electron chi connectivity index (χ4n) is 3.82. The predicted octanol–water partition coefficient (Wildman–Crippen LogP) is 4.39. The standard InChI is InChI=1S/C23H23NO6S2/c1-13-5-7-15(8-6-13)32(26,27)19-12-31-23-16(11-20(25)24-21(19)23)14-9-17(28-2)22(30-4)18(10-14)29-3/h5-10,12,16H,11H2,1-4H3,(H,24,25)/t16-/m1/s1. The molecular formula is C23H23NO6S2. The Morgan fingerprint density at radius 3 is 2.19 bits per heavy atom. The van der Waals surface area contributed by atoms with Crippen molar-refractivity contribution in [2.45, 2.75) is 29.1 Å². The molecule has 32 heavy (non-hydrogen) atoms. The second kappa shape index (κ2) is 8.48. The molecule has 0 spiro atoms. The first kappa shape index (κ1) is 22.2. The highest BCUT2D eigenvalue weighted by molar-refractivity contribution is 7.91. The summed E-state index contributed by atoms with van der Waals surface area (Å²) in [5.41, 5.74) is 2.08. The van der Waals surface area contributed by atoms with Gasteiger partial charge in [-0.05, 0) is 36.8 Å². The zero-order valence-corrected chi connectivity index (χ0v) is 19.7. The normalized spacial score (nSPS) is 15.6. The number of fused-ring (bicyclic) bond motifs is 1. The van der Waals surface area contributed by atoms with Crippen LogP contribution in [0.3, 0.4) is 0 Å². The quantitative estimate of drug-likeness (QED) is 0.571. The number of anilines is 1. The summed E-state index contributed by atoms with van der Waals surface area (Å²) in [5.74, 6) is 0.791. The van der Waals surface area contributed by atoms with E-state index in [0.717, 1.165) is 16.0 Å². The predicted molar refractivity (Wildman–Crippen MR) is 122 cm³/mol. The highest BCUT2D eigenvalue weighted by atomic mass is 32.2. The first-order valence-electron chi connectivity index (χ1n) is 9.83. The molecular weight excluding hydrogens is 450 g/mol. The molecule has 3 aromatic rings. The molecule has 0 fully saturated rings. The summed E-state index contributed by atoms with van der Waals surface area (Å²) in [6, 6.07) is 10.3. The fraction of sp³-hybridized carbons (Fsp3) is 0.261. The molecule has 1 aliphatic rings. The summed E-state index contributed by atoms with van der Waals surface area (Å²) >= 11 is 1.31. The number of carbonyl (C=O) groups is 1. The number of hydrogen-bond donors (Lipinski definition) is 1. The minimum Gasteiger partial charge on any atom is -0.493 e. The van der Waals surface area contributed by atoms with E-state index < -0.39 is 9.84 Å². The van der Waals surface area contributed by atoms with Gasteiger partial charge >= 0.3 is 0 Å². The van der Waals surface area contributed by atoms with Crippen molar-refractivity contribution in [3.05, 3.63) is 57.8 Å². The SMILES string of the molecule is COc1cc([C@H]2CC(=O)Nc3c(S(=O)(=O)c4ccc(C)cc4)csc32)cc(OC)c1OC. The number of sulfone groups is 1. The Labute approximate surface area is 190 Å². The van der Waals surface area contributed by atoms with Crippen LogP contribution in [0, 0.1) is 6.92 Å². The van der Waals surface area contributed by atoms with Crippen LogP contribution >= 0.6 is 11.3 Å². The molecule has 1 amide bonds. The topological polar surface area (TPSA) is 90.9 Å². The van der Waals surface area contributed by atoms with Crippen LogP contribution in [-0.4, -0.2) is 35.7 Å². The molecule has 0 aliphatic carbocycles. The van der Waals surface area contributed by atoms with Gasteiger partial charge in [0, 0.05) is 22.6 Å². The summed E-state index contributed by atoms with van der Waals surface area (Å²) in [7, 11) is 0.779. The van der Waals surface area contributed by atoms with Gasteiger partial charge in [-0.1, -0.05) is 17.7 Å². The van der Waals surface area contributed by atoms with Crippen molar-refractivity contribution in [1.29, 1.82) is 0 Å². The van der Waals surface area contributed by atoms with Gasteiger partial charge in [-0.15, -0.1) is 11.3 Å². The van der Waals surface area contributed by atoms with Gasteiger partial charge in [0.15, 0.2) is 11.5 Å². The summed E-state index contributed by atoms with van der Waals surface area (Å²) in [6.07, 6.45) is 0.177. The zero-order chi connectivity index (χ0) is 23.0. The number of thiophene rings is 1. The van der Waals surface area contributed by atoms with E-state index in [1.807, 2.05) is 6.92 Å². The van der Waals surface area contributed by atoms with Gasteiger partial charge in [0.1, 0.15) is 4.90 Å². The van der Waals surface area contributed by atoms with Crippen LogP contribution in [-0.2, 0) is 14.6 Å². The van der Waals surface area contributed by atoms with E-state index >= 15 is 0 Å². The Morgan fingerprint density at radius 2 is 1.62 bits per heavy atom. The Morgan fingerprint density at radius 1 is 1.00 bits per heavy atom. The lowest BCUT2D eigenvalue weighted by molar-refractivity contribution is -0.116. The second-order valence-corrected chi connectivity index (χ2v) is 10.2. The van der Waals surface area contributed by atoms with Gasteiger partial charge in [0.25, 0.3) is 0 Å². The Kier molecular flexibility index (Phi) is 5.87. The van der Waals surface area contributed by atoms with Crippen molar-refractivity contribution in [2.24, 2.45) is 0 Å². The van der Waals surface area contributed by atoms with E-state index in [-0.39, 0.29) is 28.0 Å². The number of rotatable bonds is 6. The molecule has 4 rings (SSSR count). The molecule has 1 atom stereocenters. The Bertz CT molecular complexity index is 1250. The van der Waals surface area contributed by atoms with E-state index in [1.54, 1.807) is 41.8 Å². The lowest BCUT2D eigenvalue weighted by Crippen LogP contribution is -2.23. The smallest absolute Gasteiger partial charge is 0.225 e. The number of hydrogen-bond acceptors (Lipinski definition) is 7. The second-order valence-electron chi connectivity index (χ2n) is 7.42. The van der Waals surface area contributed by atoms with Crippen LogP contribution in [0.5, 0.6) is 17.2 Å². The monoisotopic (exact) mass is 473 g/mol. The van der Waals surface area contributed by atoms with Crippen molar-refractivity contribution in [2.75, 3.05) is 26.6 Å². The molecule has 2 aromatic carbocycles. The summed E-state index contributed by atoms with van der Waals surface area (Å²) in [6.45, 7) is 1.89. The molecule has 1 N–H and O–H groups in total. The van der Waals surface area contributed by atoms with Crippen molar-refractivity contribution in [1.82, 2.24) is 0 Å². The number of nitrogens with one attached hydrogen (secondary N) is 1. The van der Waals surface area contributed by atoms with Gasteiger partial charge in [-0.2, -0.15) is 0 Å². The van der Waals surface area contributed by atoms with Gasteiger partial charge in [-0.3, -0.25) is 4.79 Å². The third-order valence-corrected chi connectivity index (χ3v) is 8.51. The van der Waals surface area contributed by atoms with Crippen molar-refractivity contribution in [3.8, 4) is 17.2 Å². The van der Waals surface area contributed by atoms with E-state index in [0.29, 0.717) is 22.9 Å². The number of ether oxygens (including phenoxy) is 3. The van der Waals surface area contributed by atoms with Crippen LogP contribution in [0.2, 0.25) is 0 Å². The molecule has 0 saturated carbocycles. The lowest BCUT2D eigenvalue weighted by atomic mass is 9.90. The number of carbonyl (C=O) groups excluding carboxylic acids is 1. The maximum absolute atomic E-state index is 13.3. The highest BCUT2D eigenvalue weighted by Gasteiger charge is 2.35. The minimum atomic E-state index is -3.79. The lowest BCUT2D eigenvalue weighted by Gasteiger charge is -2.25. The number of amides is 1. The molecule has 0 saturated heterocycles. The average Bonchev–Trinajstić information content (AvgIpc) is 3.22. The molecule has 9 heteroatoms. The first-order valence-corrected chi connectivity index (χ1v) is 12.2. The highest BCUT2D eigenvalue weighted by Crippen LogP contribution is 2.48. The maximum atomic E-state index is 13.3. The van der Waals surface area contributed by atoms with Gasteiger partial charge < -0.3 is 19.5 Å². The molecule has 1 aromatic heterocycles. The Balaban J connectivity index is 1.84. The number of benzene rings is 2. The summed E-state index contributed by atoms with van der Waals surface area (Å²) in [5, 5.41) is 4.37. The van der Waals surface area contributed by atoms with Gasteiger partial charge in [0.05, 0.1) is 31.9 Å². The van der Waals surface area contributed by atoms with E-state index in [9.17, 15) is 13.2 Å². The van der Waals surface area contributed by atoms with E-state index in [4.69, 9.17) is 14.2 Å². The van der Waals surface area contributed by atoms with E-state index in [2.05, 4.69) is 5.32 Å². The molecule has 7 nitrogen and oxygen atoms in total. The zero-order valence-electron chi connectivity index (χ0n) is 18.1. The van der Waals surface area contributed by atoms with Gasteiger partial charge in [0.2, 0.25) is 21.5 Å². The van der Waals surface area contributed by atoms with Crippen LogP contribution in [0.15, 0.2) is 51.6 Å². The first-order chi connectivity index (χ1) is 15.3. The molecule has 2 heterocycles. The molecule has 1 aliphatic heterocycles. The summed E-state index contributed by atoms with van der Waals surface area (Å²) in [4.78, 5) is 13.7. The summed E-state index contributed by atoms with van der Waals surface area (Å²) < 4.78 is 42.9. The third-order valence-electron chi connectivity index (χ3n) is 5.47. The number of aryl methyl sites for hydroxylation is 1. The van der Waals surface area contributed by atoms with Crippen molar-refractivity contribution in [3.63, 3.8) is 0 Å². The molecule has 0 bridgehead atoms. The van der Waals surface area contributed by atoms with Crippen LogP contribution in [0.4, 0.5) is 5.69 Å². The molecule has 0 unspecified atom stereocenters. The fourth-order valence-corrected chi connectivity index (χ4v) is 6.73. The molecule has 0 radical (unpaired) electrons. The molecule has 168 valence electrons. The van der Waals surface area contributed by atoms with Crippen molar-refractivity contribution < 1.29 is 27.4 Å². The van der Waals surface area contributed by atoms with Crippen LogP contribution in [0.1, 0.15) is 28.3 Å². The third kappa shape index (κ3) is 3.71. The maximum Gasteiger partial charge on any atom is 0.225 e. The average molecular weight is 474 g/mol. The van der Waals surface area contributed by atoms with Crippen molar-refractivity contribution >= 4 is 32.8 Å². The van der Waals surface area contributed by atoms with E-state index in [1.165, 1.54) is 32.7 Å². The Hall–Kier alpha value is -3.04. The van der Waals surface area contributed by atoms with Crippen LogP contribution in [0.25, 0.3) is 0 Å². The van der Waals surface area contributed by atoms with Gasteiger partial charge in [-0.25, -0.2) is 8.42 Å².